The molecule has 0 radical (unpaired) electrons. The van der Waals surface area contributed by atoms with Crippen molar-refractivity contribution in [2.75, 3.05) is 51.5 Å². The van der Waals surface area contributed by atoms with Crippen LogP contribution in [0.4, 0.5) is 0 Å². The third-order valence-electron chi connectivity index (χ3n) is 3.27. The van der Waals surface area contributed by atoms with Crippen LogP contribution in [0.3, 0.4) is 0 Å². The Balaban J connectivity index is 1.96. The van der Waals surface area contributed by atoms with Crippen molar-refractivity contribution in [3.8, 4) is 5.75 Å². The van der Waals surface area contributed by atoms with Crippen LogP contribution >= 0.6 is 27.7 Å². The normalized spacial score (nSPS) is 11.4. The number of unbranched alkanes of at least 4 members (excludes halogenated alkanes) is 1. The van der Waals surface area contributed by atoms with Gasteiger partial charge in [0.25, 0.3) is 0 Å². The summed E-state index contributed by atoms with van der Waals surface area (Å²) in [7, 11) is 1.80. The van der Waals surface area contributed by atoms with Gasteiger partial charge in [0.1, 0.15) is 5.75 Å². The average molecular weight is 432 g/mol. The molecular formula is C18H30BrN3O2S. The van der Waals surface area contributed by atoms with E-state index < -0.39 is 0 Å². The van der Waals surface area contributed by atoms with Crippen LogP contribution in [-0.4, -0.2) is 57.4 Å². The number of thioether (sulfide) groups is 1. The Bertz CT molecular complexity index is 489. The lowest BCUT2D eigenvalue weighted by Crippen LogP contribution is -2.38. The minimum absolute atomic E-state index is 0.716. The number of ether oxygens (including phenoxy) is 2. The number of nitrogens with zero attached hydrogens (tertiary/aromatic N) is 1. The summed E-state index contributed by atoms with van der Waals surface area (Å²) in [5.41, 5.74) is 0. The summed E-state index contributed by atoms with van der Waals surface area (Å²) < 4.78 is 12.1. The minimum atomic E-state index is 0.716. The zero-order valence-electron chi connectivity index (χ0n) is 15.2. The molecule has 0 aliphatic rings. The number of benzene rings is 1. The molecule has 0 fully saturated rings. The first kappa shape index (κ1) is 22.1. The topological polar surface area (TPSA) is 54.9 Å². The molecule has 5 nitrogen and oxygen atoms in total. The molecule has 0 heterocycles. The highest BCUT2D eigenvalue weighted by molar-refractivity contribution is 9.10. The molecule has 1 rings (SSSR count). The maximum absolute atomic E-state index is 5.71. The maximum Gasteiger partial charge on any atom is 0.191 e. The molecule has 0 aromatic heterocycles. The molecule has 0 aliphatic carbocycles. The molecule has 1 aromatic rings. The van der Waals surface area contributed by atoms with Gasteiger partial charge in [0.05, 0.1) is 6.61 Å². The number of rotatable bonds is 13. The van der Waals surface area contributed by atoms with E-state index in [9.17, 15) is 0 Å². The highest BCUT2D eigenvalue weighted by atomic mass is 79.9. The second kappa shape index (κ2) is 15.3. The highest BCUT2D eigenvalue weighted by Crippen LogP contribution is 2.17. The van der Waals surface area contributed by atoms with Gasteiger partial charge in [0.2, 0.25) is 0 Å². The molecule has 0 unspecified atom stereocenters. The lowest BCUT2D eigenvalue weighted by Gasteiger charge is -2.12. The SMILES string of the molecule is CCOCCCCNC(=NC)NCCSCCOc1cccc(Br)c1. The predicted octanol–water partition coefficient (Wildman–Crippen LogP) is 3.54. The standard InChI is InChI=1S/C18H30BrN3O2S/c1-3-23-11-5-4-9-21-18(20-2)22-10-13-25-14-12-24-17-8-6-7-16(19)15-17/h6-8,15H,3-5,9-14H2,1-2H3,(H2,20,21,22). The molecule has 0 saturated heterocycles. The van der Waals surface area contributed by atoms with Gasteiger partial charge in [-0.15, -0.1) is 0 Å². The van der Waals surface area contributed by atoms with Crippen LogP contribution in [0.5, 0.6) is 5.75 Å². The third-order valence-corrected chi connectivity index (χ3v) is 4.71. The van der Waals surface area contributed by atoms with Crippen LogP contribution in [0.25, 0.3) is 0 Å². The molecule has 7 heteroatoms. The van der Waals surface area contributed by atoms with E-state index in [-0.39, 0.29) is 0 Å². The van der Waals surface area contributed by atoms with Crippen LogP contribution in [0.15, 0.2) is 33.7 Å². The highest BCUT2D eigenvalue weighted by Gasteiger charge is 1.98. The van der Waals surface area contributed by atoms with Crippen molar-refractivity contribution in [2.24, 2.45) is 4.99 Å². The van der Waals surface area contributed by atoms with E-state index in [4.69, 9.17) is 9.47 Å². The monoisotopic (exact) mass is 431 g/mol. The van der Waals surface area contributed by atoms with Crippen molar-refractivity contribution < 1.29 is 9.47 Å². The van der Waals surface area contributed by atoms with E-state index >= 15 is 0 Å². The van der Waals surface area contributed by atoms with Crippen molar-refractivity contribution in [3.63, 3.8) is 0 Å². The van der Waals surface area contributed by atoms with Crippen molar-refractivity contribution in [2.45, 2.75) is 19.8 Å². The van der Waals surface area contributed by atoms with Gasteiger partial charge >= 0.3 is 0 Å². The van der Waals surface area contributed by atoms with Gasteiger partial charge in [-0.05, 0) is 38.0 Å². The van der Waals surface area contributed by atoms with Crippen LogP contribution in [-0.2, 0) is 4.74 Å². The van der Waals surface area contributed by atoms with E-state index in [2.05, 4.69) is 31.6 Å². The smallest absolute Gasteiger partial charge is 0.191 e. The molecule has 142 valence electrons. The molecular weight excluding hydrogens is 402 g/mol. The summed E-state index contributed by atoms with van der Waals surface area (Å²) in [5, 5.41) is 6.65. The summed E-state index contributed by atoms with van der Waals surface area (Å²) in [6.07, 6.45) is 2.16. The molecule has 0 atom stereocenters. The quantitative estimate of drug-likeness (QED) is 0.284. The second-order valence-electron chi connectivity index (χ2n) is 5.25. The summed E-state index contributed by atoms with van der Waals surface area (Å²) in [6, 6.07) is 7.93. The number of nitrogens with one attached hydrogen (secondary N) is 2. The Morgan fingerprint density at radius 1 is 1.16 bits per heavy atom. The van der Waals surface area contributed by atoms with Gasteiger partial charge in [-0.1, -0.05) is 22.0 Å². The summed E-state index contributed by atoms with van der Waals surface area (Å²) >= 11 is 5.31. The van der Waals surface area contributed by atoms with Crippen molar-refractivity contribution in [3.05, 3.63) is 28.7 Å². The van der Waals surface area contributed by atoms with Crippen LogP contribution in [0.2, 0.25) is 0 Å². The van der Waals surface area contributed by atoms with Gasteiger partial charge in [-0.2, -0.15) is 11.8 Å². The molecule has 0 bridgehead atoms. The van der Waals surface area contributed by atoms with Gasteiger partial charge in [0.15, 0.2) is 5.96 Å². The average Bonchev–Trinajstić information content (AvgIpc) is 2.62. The lowest BCUT2D eigenvalue weighted by molar-refractivity contribution is 0.143. The number of aliphatic imine (C=N–C) groups is 1. The minimum Gasteiger partial charge on any atom is -0.493 e. The van der Waals surface area contributed by atoms with Crippen molar-refractivity contribution in [1.82, 2.24) is 10.6 Å². The molecule has 0 amide bonds. The third kappa shape index (κ3) is 12.1. The first-order chi connectivity index (χ1) is 12.3. The fraction of sp³-hybridized carbons (Fsp3) is 0.611. The summed E-state index contributed by atoms with van der Waals surface area (Å²) in [5.74, 6) is 3.76. The molecule has 0 spiro atoms. The molecule has 25 heavy (non-hydrogen) atoms. The van der Waals surface area contributed by atoms with E-state index in [1.54, 1.807) is 7.05 Å². The van der Waals surface area contributed by atoms with E-state index in [0.717, 1.165) is 66.8 Å². The zero-order chi connectivity index (χ0) is 18.2. The molecule has 0 saturated carbocycles. The van der Waals surface area contributed by atoms with Gasteiger partial charge in [-0.25, -0.2) is 0 Å². The van der Waals surface area contributed by atoms with E-state index in [0.29, 0.717) is 6.61 Å². The Kier molecular flexibility index (Phi) is 13.6. The lowest BCUT2D eigenvalue weighted by atomic mass is 10.3. The predicted molar refractivity (Wildman–Crippen MR) is 112 cm³/mol. The van der Waals surface area contributed by atoms with Gasteiger partial charge < -0.3 is 20.1 Å². The fourth-order valence-corrected chi connectivity index (χ4v) is 3.05. The van der Waals surface area contributed by atoms with Crippen LogP contribution < -0.4 is 15.4 Å². The number of guanidine groups is 1. The largest absolute Gasteiger partial charge is 0.493 e. The first-order valence-corrected chi connectivity index (χ1v) is 10.7. The van der Waals surface area contributed by atoms with Gasteiger partial charge in [0, 0.05) is 49.3 Å². The second-order valence-corrected chi connectivity index (χ2v) is 7.39. The van der Waals surface area contributed by atoms with Crippen molar-refractivity contribution >= 4 is 33.7 Å². The van der Waals surface area contributed by atoms with Gasteiger partial charge in [-0.3, -0.25) is 4.99 Å². The van der Waals surface area contributed by atoms with Crippen molar-refractivity contribution in [1.29, 1.82) is 0 Å². The fourth-order valence-electron chi connectivity index (χ4n) is 2.02. The maximum atomic E-state index is 5.71. The Morgan fingerprint density at radius 3 is 2.76 bits per heavy atom. The van der Waals surface area contributed by atoms with Crippen LogP contribution in [0.1, 0.15) is 19.8 Å². The molecule has 0 aliphatic heterocycles. The first-order valence-electron chi connectivity index (χ1n) is 8.74. The zero-order valence-corrected chi connectivity index (χ0v) is 17.6. The van der Waals surface area contributed by atoms with E-state index in [1.807, 2.05) is 43.0 Å². The number of halogens is 1. The Labute approximate surface area is 164 Å². The van der Waals surface area contributed by atoms with Crippen LogP contribution in [0, 0.1) is 0 Å². The summed E-state index contributed by atoms with van der Waals surface area (Å²) in [4.78, 5) is 4.23. The number of hydrogen-bond acceptors (Lipinski definition) is 4. The van der Waals surface area contributed by atoms with E-state index in [1.165, 1.54) is 0 Å². The molecule has 2 N–H and O–H groups in total. The number of hydrogen-bond donors (Lipinski definition) is 2. The Morgan fingerprint density at radius 2 is 2.00 bits per heavy atom. The Hall–Kier alpha value is -0.920. The summed E-state index contributed by atoms with van der Waals surface area (Å²) in [6.45, 7) is 6.18. The molecule has 1 aromatic carbocycles.